The third kappa shape index (κ3) is 3.76. The molecule has 1 saturated carbocycles. The second kappa shape index (κ2) is 7.38. The van der Waals surface area contributed by atoms with Crippen molar-refractivity contribution in [1.82, 2.24) is 9.80 Å². The Morgan fingerprint density at radius 3 is 2.45 bits per heavy atom. The summed E-state index contributed by atoms with van der Waals surface area (Å²) in [5.74, 6) is 0.805. The first-order valence-electron chi connectivity index (χ1n) is 8.32. The fourth-order valence-electron chi connectivity index (χ4n) is 3.45. The number of piperazine rings is 1. The van der Waals surface area contributed by atoms with Gasteiger partial charge in [-0.15, -0.1) is 11.3 Å². The van der Waals surface area contributed by atoms with Crippen molar-refractivity contribution in [3.05, 3.63) is 22.4 Å². The van der Waals surface area contributed by atoms with Crippen LogP contribution in [0.4, 0.5) is 0 Å². The van der Waals surface area contributed by atoms with E-state index in [4.69, 9.17) is 0 Å². The number of thiophene rings is 1. The number of amides is 1. The minimum absolute atomic E-state index is 0.196. The molecule has 0 radical (unpaired) electrons. The van der Waals surface area contributed by atoms with E-state index >= 15 is 0 Å². The molecular weight excluding hydrogens is 296 g/mol. The quantitative estimate of drug-likeness (QED) is 0.801. The molecule has 2 aliphatic rings. The molecule has 1 aromatic rings. The molecule has 5 heteroatoms. The third-order valence-corrected chi connectivity index (χ3v) is 5.71. The third-order valence-electron chi connectivity index (χ3n) is 4.80. The minimum Gasteiger partial charge on any atom is -0.340 e. The van der Waals surface area contributed by atoms with Crippen molar-refractivity contribution in [2.75, 3.05) is 32.7 Å². The van der Waals surface area contributed by atoms with Gasteiger partial charge in [0.05, 0.1) is 11.4 Å². The molecule has 0 N–H and O–H groups in total. The zero-order valence-electron chi connectivity index (χ0n) is 13.0. The molecule has 2 heterocycles. The number of hydrogen-bond acceptors (Lipinski definition) is 4. The maximum atomic E-state index is 12.5. The summed E-state index contributed by atoms with van der Waals surface area (Å²) in [7, 11) is 0. The van der Waals surface area contributed by atoms with Gasteiger partial charge in [-0.3, -0.25) is 14.5 Å². The van der Waals surface area contributed by atoms with Gasteiger partial charge < -0.3 is 4.90 Å². The van der Waals surface area contributed by atoms with Crippen molar-refractivity contribution >= 4 is 23.0 Å². The molecule has 1 aromatic heterocycles. The molecule has 2 fully saturated rings. The first-order chi connectivity index (χ1) is 10.7. The van der Waals surface area contributed by atoms with Crippen LogP contribution < -0.4 is 0 Å². The molecular formula is C17H24N2O2S. The maximum Gasteiger partial charge on any atom is 0.225 e. The summed E-state index contributed by atoms with van der Waals surface area (Å²) >= 11 is 1.50. The van der Waals surface area contributed by atoms with E-state index in [1.165, 1.54) is 30.6 Å². The van der Waals surface area contributed by atoms with Gasteiger partial charge in [0.2, 0.25) is 5.91 Å². The topological polar surface area (TPSA) is 40.6 Å². The SMILES string of the molecule is O=C(CN1CCN(C(=O)C2CCCCC2)CC1)c1cccs1. The lowest BCUT2D eigenvalue weighted by Crippen LogP contribution is -2.51. The molecule has 1 amide bonds. The van der Waals surface area contributed by atoms with E-state index in [-0.39, 0.29) is 11.7 Å². The first kappa shape index (κ1) is 15.7. The molecule has 0 unspecified atom stereocenters. The van der Waals surface area contributed by atoms with Crippen LogP contribution in [0.3, 0.4) is 0 Å². The Kier molecular flexibility index (Phi) is 5.26. The highest BCUT2D eigenvalue weighted by Gasteiger charge is 2.28. The van der Waals surface area contributed by atoms with Gasteiger partial charge in [-0.05, 0) is 24.3 Å². The summed E-state index contributed by atoms with van der Waals surface area (Å²) in [6.07, 6.45) is 5.81. The molecule has 4 nitrogen and oxygen atoms in total. The average Bonchev–Trinajstić information content (AvgIpc) is 3.10. The Bertz CT molecular complexity index is 501. The standard InChI is InChI=1S/C17H24N2O2S/c20-15(16-7-4-12-22-16)13-18-8-10-19(11-9-18)17(21)14-5-2-1-3-6-14/h4,7,12,14H,1-3,5-6,8-11,13H2. The van der Waals surface area contributed by atoms with Crippen LogP contribution in [0.1, 0.15) is 41.8 Å². The van der Waals surface area contributed by atoms with Crippen LogP contribution in [-0.4, -0.2) is 54.2 Å². The normalized spacial score (nSPS) is 21.0. The van der Waals surface area contributed by atoms with Crippen LogP contribution in [0.25, 0.3) is 0 Å². The van der Waals surface area contributed by atoms with Gasteiger partial charge in [-0.25, -0.2) is 0 Å². The highest BCUT2D eigenvalue weighted by atomic mass is 32.1. The fraction of sp³-hybridized carbons (Fsp3) is 0.647. The van der Waals surface area contributed by atoms with Crippen LogP contribution in [0.15, 0.2) is 17.5 Å². The van der Waals surface area contributed by atoms with Crippen LogP contribution in [0.2, 0.25) is 0 Å². The summed E-state index contributed by atoms with van der Waals surface area (Å²) < 4.78 is 0. The molecule has 0 aromatic carbocycles. The maximum absolute atomic E-state index is 12.5. The van der Waals surface area contributed by atoms with E-state index in [1.807, 2.05) is 22.4 Å². The van der Waals surface area contributed by atoms with Gasteiger partial charge in [-0.2, -0.15) is 0 Å². The second-order valence-corrected chi connectivity index (χ2v) is 7.28. The Balaban J connectivity index is 1.46. The lowest BCUT2D eigenvalue weighted by molar-refractivity contribution is -0.138. The molecule has 1 aliphatic heterocycles. The predicted molar refractivity (Wildman–Crippen MR) is 88.2 cm³/mol. The van der Waals surface area contributed by atoms with E-state index < -0.39 is 0 Å². The van der Waals surface area contributed by atoms with E-state index in [2.05, 4.69) is 4.90 Å². The smallest absolute Gasteiger partial charge is 0.225 e. The monoisotopic (exact) mass is 320 g/mol. The lowest BCUT2D eigenvalue weighted by atomic mass is 9.88. The number of hydrogen-bond donors (Lipinski definition) is 0. The van der Waals surface area contributed by atoms with Crippen molar-refractivity contribution in [3.8, 4) is 0 Å². The minimum atomic E-state index is 0.196. The summed E-state index contributed by atoms with van der Waals surface area (Å²) in [6, 6.07) is 3.80. The molecule has 1 saturated heterocycles. The van der Waals surface area contributed by atoms with E-state index in [0.29, 0.717) is 12.5 Å². The summed E-state index contributed by atoms with van der Waals surface area (Å²) in [4.78, 5) is 29.7. The Morgan fingerprint density at radius 2 is 1.82 bits per heavy atom. The van der Waals surface area contributed by atoms with Crippen LogP contribution in [0.5, 0.6) is 0 Å². The van der Waals surface area contributed by atoms with Gasteiger partial charge in [0, 0.05) is 32.1 Å². The van der Waals surface area contributed by atoms with Gasteiger partial charge in [0.15, 0.2) is 5.78 Å². The van der Waals surface area contributed by atoms with Crippen LogP contribution >= 0.6 is 11.3 Å². The predicted octanol–water partition coefficient (Wildman–Crippen LogP) is 2.66. The van der Waals surface area contributed by atoms with Crippen molar-refractivity contribution in [1.29, 1.82) is 0 Å². The van der Waals surface area contributed by atoms with Gasteiger partial charge in [0.1, 0.15) is 0 Å². The molecule has 0 bridgehead atoms. The first-order valence-corrected chi connectivity index (χ1v) is 9.20. The number of carbonyl (C=O) groups excluding carboxylic acids is 2. The lowest BCUT2D eigenvalue weighted by Gasteiger charge is -2.36. The van der Waals surface area contributed by atoms with Crippen LogP contribution in [0, 0.1) is 5.92 Å². The number of Topliss-reactive ketones (excluding diaryl/α,β-unsaturated/α-hetero) is 1. The number of carbonyl (C=O) groups is 2. The van der Waals surface area contributed by atoms with Gasteiger partial charge in [0.25, 0.3) is 0 Å². The molecule has 0 atom stereocenters. The molecule has 0 spiro atoms. The Labute approximate surface area is 136 Å². The summed E-state index contributed by atoms with van der Waals surface area (Å²) in [5, 5.41) is 1.94. The van der Waals surface area contributed by atoms with Gasteiger partial charge in [-0.1, -0.05) is 25.3 Å². The average molecular weight is 320 g/mol. The van der Waals surface area contributed by atoms with E-state index in [0.717, 1.165) is 43.9 Å². The highest BCUT2D eigenvalue weighted by Crippen LogP contribution is 2.25. The van der Waals surface area contributed by atoms with Crippen molar-refractivity contribution in [2.24, 2.45) is 5.92 Å². The highest BCUT2D eigenvalue weighted by molar-refractivity contribution is 7.12. The largest absolute Gasteiger partial charge is 0.340 e. The Morgan fingerprint density at radius 1 is 1.09 bits per heavy atom. The molecule has 1 aliphatic carbocycles. The summed E-state index contributed by atoms with van der Waals surface area (Å²) in [6.45, 7) is 3.65. The van der Waals surface area contributed by atoms with Crippen molar-refractivity contribution in [2.45, 2.75) is 32.1 Å². The van der Waals surface area contributed by atoms with Gasteiger partial charge >= 0.3 is 0 Å². The summed E-state index contributed by atoms with van der Waals surface area (Å²) in [5.41, 5.74) is 0. The van der Waals surface area contributed by atoms with Crippen molar-refractivity contribution in [3.63, 3.8) is 0 Å². The van der Waals surface area contributed by atoms with E-state index in [1.54, 1.807) is 0 Å². The van der Waals surface area contributed by atoms with Crippen molar-refractivity contribution < 1.29 is 9.59 Å². The number of nitrogens with zero attached hydrogens (tertiary/aromatic N) is 2. The molecule has 22 heavy (non-hydrogen) atoms. The molecule has 120 valence electrons. The molecule has 3 rings (SSSR count). The number of rotatable bonds is 4. The fourth-order valence-corrected chi connectivity index (χ4v) is 4.11. The van der Waals surface area contributed by atoms with E-state index in [9.17, 15) is 9.59 Å². The zero-order valence-corrected chi connectivity index (χ0v) is 13.8. The zero-order chi connectivity index (χ0) is 15.4. The Hall–Kier alpha value is -1.20. The number of ketones is 1. The second-order valence-electron chi connectivity index (χ2n) is 6.34. The van der Waals surface area contributed by atoms with Crippen LogP contribution in [-0.2, 0) is 4.79 Å².